The molecule has 1 N–H and O–H groups in total. The molecule has 0 unspecified atom stereocenters. The number of carbonyl (C=O) groups excluding carboxylic acids is 2. The predicted molar refractivity (Wildman–Crippen MR) is 60.1 cm³/mol. The van der Waals surface area contributed by atoms with E-state index in [0.717, 1.165) is 19.3 Å². The Morgan fingerprint density at radius 1 is 1.50 bits per heavy atom. The first-order valence-electron chi connectivity index (χ1n) is 5.92. The van der Waals surface area contributed by atoms with Crippen molar-refractivity contribution in [2.45, 2.75) is 32.6 Å². The molecule has 1 rings (SSSR count). The Bertz CT molecular complexity index is 243. The van der Waals surface area contributed by atoms with Gasteiger partial charge in [0.15, 0.2) is 0 Å². The largest absolute Gasteiger partial charge is 0.448 e. The minimum absolute atomic E-state index is 0.103. The van der Waals surface area contributed by atoms with Crippen LogP contribution in [0.2, 0.25) is 0 Å². The van der Waals surface area contributed by atoms with Gasteiger partial charge in [-0.15, -0.1) is 0 Å². The van der Waals surface area contributed by atoms with Crippen LogP contribution < -0.4 is 5.32 Å². The number of cyclic esters (lactones) is 1. The Balaban J connectivity index is 1.99. The van der Waals surface area contributed by atoms with E-state index < -0.39 is 0 Å². The van der Waals surface area contributed by atoms with Gasteiger partial charge in [0.1, 0.15) is 6.61 Å². The van der Waals surface area contributed by atoms with Crippen molar-refractivity contribution < 1.29 is 14.3 Å². The standard InChI is InChI=1S/C11H20N2O3/c1-2-3-5-10(14)12-6-4-7-13-8-9-16-11(13)15/h2-9H2,1H3,(H,12,14). The maximum Gasteiger partial charge on any atom is 0.409 e. The fraction of sp³-hybridized carbons (Fsp3) is 0.818. The molecule has 92 valence electrons. The first-order chi connectivity index (χ1) is 7.74. The number of ether oxygens (including phenoxy) is 1. The summed E-state index contributed by atoms with van der Waals surface area (Å²) in [7, 11) is 0. The summed E-state index contributed by atoms with van der Waals surface area (Å²) in [6.45, 7) is 4.51. The van der Waals surface area contributed by atoms with E-state index in [1.807, 2.05) is 0 Å². The number of carbonyl (C=O) groups is 2. The molecule has 2 amide bonds. The number of nitrogens with zero attached hydrogens (tertiary/aromatic N) is 1. The second-order valence-corrected chi connectivity index (χ2v) is 3.91. The molecule has 0 aliphatic carbocycles. The summed E-state index contributed by atoms with van der Waals surface area (Å²) in [6, 6.07) is 0. The van der Waals surface area contributed by atoms with E-state index in [1.54, 1.807) is 4.90 Å². The maximum absolute atomic E-state index is 11.2. The van der Waals surface area contributed by atoms with Gasteiger partial charge in [-0.25, -0.2) is 4.79 Å². The van der Waals surface area contributed by atoms with Crippen molar-refractivity contribution in [2.75, 3.05) is 26.2 Å². The summed E-state index contributed by atoms with van der Waals surface area (Å²) >= 11 is 0. The molecule has 5 nitrogen and oxygen atoms in total. The minimum Gasteiger partial charge on any atom is -0.448 e. The van der Waals surface area contributed by atoms with Crippen LogP contribution in [0.1, 0.15) is 32.6 Å². The van der Waals surface area contributed by atoms with Crippen LogP contribution in [0.25, 0.3) is 0 Å². The third-order valence-corrected chi connectivity index (χ3v) is 2.53. The molecule has 1 saturated heterocycles. The lowest BCUT2D eigenvalue weighted by molar-refractivity contribution is -0.121. The highest BCUT2D eigenvalue weighted by Crippen LogP contribution is 2.03. The van der Waals surface area contributed by atoms with Crippen molar-refractivity contribution in [1.82, 2.24) is 10.2 Å². The fourth-order valence-electron chi connectivity index (χ4n) is 1.55. The molecule has 0 aromatic carbocycles. The number of rotatable bonds is 7. The second kappa shape index (κ2) is 7.09. The molecular weight excluding hydrogens is 208 g/mol. The van der Waals surface area contributed by atoms with Gasteiger partial charge in [0.05, 0.1) is 6.54 Å². The number of unbranched alkanes of at least 4 members (excludes halogenated alkanes) is 1. The van der Waals surface area contributed by atoms with Gasteiger partial charge in [0.2, 0.25) is 5.91 Å². The van der Waals surface area contributed by atoms with E-state index in [-0.39, 0.29) is 12.0 Å². The van der Waals surface area contributed by atoms with Gasteiger partial charge in [0, 0.05) is 19.5 Å². The molecule has 0 radical (unpaired) electrons. The van der Waals surface area contributed by atoms with Crippen LogP contribution in [-0.2, 0) is 9.53 Å². The van der Waals surface area contributed by atoms with E-state index in [0.29, 0.717) is 32.7 Å². The molecular formula is C11H20N2O3. The monoisotopic (exact) mass is 228 g/mol. The van der Waals surface area contributed by atoms with Crippen molar-refractivity contribution in [2.24, 2.45) is 0 Å². The average molecular weight is 228 g/mol. The Hall–Kier alpha value is -1.26. The van der Waals surface area contributed by atoms with E-state index in [1.165, 1.54) is 0 Å². The first kappa shape index (κ1) is 12.8. The van der Waals surface area contributed by atoms with Crippen LogP contribution in [-0.4, -0.2) is 43.1 Å². The van der Waals surface area contributed by atoms with E-state index >= 15 is 0 Å². The molecule has 0 atom stereocenters. The predicted octanol–water partition coefficient (Wildman–Crippen LogP) is 1.14. The number of hydrogen-bond acceptors (Lipinski definition) is 3. The summed E-state index contributed by atoms with van der Waals surface area (Å²) < 4.78 is 4.80. The number of nitrogens with one attached hydrogen (secondary N) is 1. The first-order valence-corrected chi connectivity index (χ1v) is 5.92. The van der Waals surface area contributed by atoms with Crippen LogP contribution in [0.15, 0.2) is 0 Å². The summed E-state index contributed by atoms with van der Waals surface area (Å²) in [5, 5.41) is 2.84. The van der Waals surface area contributed by atoms with Crippen LogP contribution in [0.4, 0.5) is 4.79 Å². The van der Waals surface area contributed by atoms with Gasteiger partial charge in [-0.05, 0) is 12.8 Å². The Labute approximate surface area is 96.1 Å². The SMILES string of the molecule is CCCCC(=O)NCCCN1CCOC1=O. The molecule has 1 aliphatic rings. The molecule has 0 aromatic heterocycles. The van der Waals surface area contributed by atoms with Gasteiger partial charge < -0.3 is 15.0 Å². The van der Waals surface area contributed by atoms with Gasteiger partial charge >= 0.3 is 6.09 Å². The number of amides is 2. The normalized spacial score (nSPS) is 15.1. The Morgan fingerprint density at radius 3 is 2.94 bits per heavy atom. The summed E-state index contributed by atoms with van der Waals surface area (Å²) in [5.41, 5.74) is 0. The molecule has 0 bridgehead atoms. The van der Waals surface area contributed by atoms with E-state index in [9.17, 15) is 9.59 Å². The molecule has 5 heteroatoms. The van der Waals surface area contributed by atoms with Crippen molar-refractivity contribution in [3.05, 3.63) is 0 Å². The second-order valence-electron chi connectivity index (χ2n) is 3.91. The zero-order valence-corrected chi connectivity index (χ0v) is 9.83. The van der Waals surface area contributed by atoms with Gasteiger partial charge in [-0.3, -0.25) is 4.79 Å². The van der Waals surface area contributed by atoms with E-state index in [4.69, 9.17) is 4.74 Å². The van der Waals surface area contributed by atoms with Crippen LogP contribution in [0.3, 0.4) is 0 Å². The molecule has 0 spiro atoms. The topological polar surface area (TPSA) is 58.6 Å². The van der Waals surface area contributed by atoms with Crippen LogP contribution in [0.5, 0.6) is 0 Å². The molecule has 1 aliphatic heterocycles. The number of hydrogen-bond donors (Lipinski definition) is 1. The summed E-state index contributed by atoms with van der Waals surface area (Å²) in [4.78, 5) is 24.0. The van der Waals surface area contributed by atoms with Gasteiger partial charge in [-0.2, -0.15) is 0 Å². The fourth-order valence-corrected chi connectivity index (χ4v) is 1.55. The smallest absolute Gasteiger partial charge is 0.409 e. The van der Waals surface area contributed by atoms with Crippen molar-refractivity contribution in [3.8, 4) is 0 Å². The van der Waals surface area contributed by atoms with Gasteiger partial charge in [-0.1, -0.05) is 13.3 Å². The molecule has 0 aromatic rings. The lowest BCUT2D eigenvalue weighted by Gasteiger charge is -2.12. The third-order valence-electron chi connectivity index (χ3n) is 2.53. The molecule has 16 heavy (non-hydrogen) atoms. The molecule has 1 fully saturated rings. The third kappa shape index (κ3) is 4.51. The highest BCUT2D eigenvalue weighted by molar-refractivity contribution is 5.75. The zero-order valence-electron chi connectivity index (χ0n) is 9.83. The van der Waals surface area contributed by atoms with Crippen molar-refractivity contribution in [1.29, 1.82) is 0 Å². The Morgan fingerprint density at radius 2 is 2.31 bits per heavy atom. The van der Waals surface area contributed by atoms with Crippen LogP contribution in [0, 0.1) is 0 Å². The lowest BCUT2D eigenvalue weighted by atomic mass is 10.2. The van der Waals surface area contributed by atoms with E-state index in [2.05, 4.69) is 12.2 Å². The highest BCUT2D eigenvalue weighted by atomic mass is 16.6. The van der Waals surface area contributed by atoms with Gasteiger partial charge in [0.25, 0.3) is 0 Å². The van der Waals surface area contributed by atoms with Crippen molar-refractivity contribution in [3.63, 3.8) is 0 Å². The summed E-state index contributed by atoms with van der Waals surface area (Å²) in [5.74, 6) is 0.103. The Kier molecular flexibility index (Phi) is 5.67. The molecule has 0 saturated carbocycles. The van der Waals surface area contributed by atoms with Crippen LogP contribution >= 0.6 is 0 Å². The van der Waals surface area contributed by atoms with Crippen molar-refractivity contribution >= 4 is 12.0 Å². The lowest BCUT2D eigenvalue weighted by Crippen LogP contribution is -2.30. The average Bonchev–Trinajstić information content (AvgIpc) is 2.67. The summed E-state index contributed by atoms with van der Waals surface area (Å²) in [6.07, 6.45) is 3.12. The highest BCUT2D eigenvalue weighted by Gasteiger charge is 2.20. The molecule has 1 heterocycles. The minimum atomic E-state index is -0.239. The maximum atomic E-state index is 11.2. The zero-order chi connectivity index (χ0) is 11.8. The quantitative estimate of drug-likeness (QED) is 0.665.